The lowest BCUT2D eigenvalue weighted by molar-refractivity contribution is 0.425. The number of hydrogen-bond donors (Lipinski definition) is 1. The first-order valence-electron chi connectivity index (χ1n) is 5.98. The molecule has 2 heteroatoms. The third-order valence-corrected chi connectivity index (χ3v) is 3.36. The Morgan fingerprint density at radius 3 is 3.00 bits per heavy atom. The molecule has 0 spiro atoms. The van der Waals surface area contributed by atoms with Gasteiger partial charge in [0.2, 0.25) is 0 Å². The van der Waals surface area contributed by atoms with Crippen molar-refractivity contribution in [3.05, 3.63) is 34.9 Å². The predicted octanol–water partition coefficient (Wildman–Crippen LogP) is 2.66. The van der Waals surface area contributed by atoms with Crippen LogP contribution in [0, 0.1) is 18.3 Å². The van der Waals surface area contributed by atoms with Crippen molar-refractivity contribution in [3.8, 4) is 6.07 Å². The van der Waals surface area contributed by atoms with Crippen molar-refractivity contribution in [1.82, 2.24) is 5.32 Å². The van der Waals surface area contributed by atoms with Crippen LogP contribution in [0.15, 0.2) is 18.2 Å². The Labute approximate surface area is 97.3 Å². The van der Waals surface area contributed by atoms with Crippen molar-refractivity contribution in [2.24, 2.45) is 0 Å². The second kappa shape index (κ2) is 4.27. The smallest absolute Gasteiger partial charge is 0.132 e. The summed E-state index contributed by atoms with van der Waals surface area (Å²) in [7, 11) is 0. The molecule has 1 atom stereocenters. The number of rotatable bonds is 3. The molecule has 2 nitrogen and oxygen atoms in total. The van der Waals surface area contributed by atoms with Gasteiger partial charge in [-0.3, -0.25) is 5.32 Å². The van der Waals surface area contributed by atoms with Crippen molar-refractivity contribution in [3.63, 3.8) is 0 Å². The van der Waals surface area contributed by atoms with Crippen LogP contribution in [-0.2, 0) is 12.0 Å². The van der Waals surface area contributed by atoms with Gasteiger partial charge in [-0.05, 0) is 43.9 Å². The summed E-state index contributed by atoms with van der Waals surface area (Å²) in [5, 5.41) is 12.9. The van der Waals surface area contributed by atoms with E-state index in [1.54, 1.807) is 0 Å². The summed E-state index contributed by atoms with van der Waals surface area (Å²) in [6.07, 6.45) is 2.98. The molecule has 0 bridgehead atoms. The molecule has 84 valence electrons. The minimum atomic E-state index is -0.433. The van der Waals surface area contributed by atoms with Crippen LogP contribution in [-0.4, -0.2) is 6.54 Å². The number of benzene rings is 1. The van der Waals surface area contributed by atoms with Crippen LogP contribution in [0.25, 0.3) is 0 Å². The van der Waals surface area contributed by atoms with Gasteiger partial charge in [0.25, 0.3) is 0 Å². The fraction of sp³-hybridized carbons (Fsp3) is 0.500. The number of aryl methyl sites for hydroxylation is 2. The molecule has 0 aromatic heterocycles. The van der Waals surface area contributed by atoms with E-state index in [0.29, 0.717) is 0 Å². The average Bonchev–Trinajstić information content (AvgIpc) is 2.66. The Morgan fingerprint density at radius 1 is 1.50 bits per heavy atom. The maximum Gasteiger partial charge on any atom is 0.132 e. The summed E-state index contributed by atoms with van der Waals surface area (Å²) >= 11 is 0. The minimum Gasteiger partial charge on any atom is -0.296 e. The molecule has 0 amide bonds. The van der Waals surface area contributed by atoms with Crippen molar-refractivity contribution in [1.29, 1.82) is 5.26 Å². The van der Waals surface area contributed by atoms with Gasteiger partial charge in [-0.15, -0.1) is 0 Å². The lowest BCUT2D eigenvalue weighted by Gasteiger charge is -2.24. The van der Waals surface area contributed by atoms with Gasteiger partial charge in [0, 0.05) is 0 Å². The molecule has 0 fully saturated rings. The van der Waals surface area contributed by atoms with Gasteiger partial charge in [0.05, 0.1) is 6.07 Å². The SMILES string of the molecule is CCCNC1(C#N)CCc2ccc(C)cc21. The van der Waals surface area contributed by atoms with E-state index in [4.69, 9.17) is 0 Å². The summed E-state index contributed by atoms with van der Waals surface area (Å²) in [5.41, 5.74) is 3.33. The number of nitrogens with one attached hydrogen (secondary N) is 1. The third kappa shape index (κ3) is 1.72. The number of nitriles is 1. The van der Waals surface area contributed by atoms with Crippen LogP contribution in [0.1, 0.15) is 36.5 Å². The first-order chi connectivity index (χ1) is 7.72. The topological polar surface area (TPSA) is 35.8 Å². The van der Waals surface area contributed by atoms with E-state index in [1.807, 2.05) is 0 Å². The standard InChI is InChI=1S/C14H18N2/c1-3-8-16-14(10-15)7-6-12-5-4-11(2)9-13(12)14/h4-5,9,16H,3,6-8H2,1-2H3. The van der Waals surface area contributed by atoms with Gasteiger partial charge >= 0.3 is 0 Å². The predicted molar refractivity (Wildman–Crippen MR) is 65.1 cm³/mol. The normalized spacial score (nSPS) is 22.8. The highest BCUT2D eigenvalue weighted by Gasteiger charge is 2.38. The van der Waals surface area contributed by atoms with E-state index in [1.165, 1.54) is 16.7 Å². The van der Waals surface area contributed by atoms with Gasteiger partial charge in [-0.25, -0.2) is 0 Å². The molecular weight excluding hydrogens is 196 g/mol. The second-order valence-corrected chi connectivity index (χ2v) is 4.60. The second-order valence-electron chi connectivity index (χ2n) is 4.60. The summed E-state index contributed by atoms with van der Waals surface area (Å²) < 4.78 is 0. The van der Waals surface area contributed by atoms with E-state index >= 15 is 0 Å². The molecule has 1 aliphatic rings. The summed E-state index contributed by atoms with van der Waals surface area (Å²) in [5.74, 6) is 0. The fourth-order valence-corrected chi connectivity index (χ4v) is 2.44. The molecule has 1 aromatic carbocycles. The van der Waals surface area contributed by atoms with Crippen LogP contribution in [0.2, 0.25) is 0 Å². The van der Waals surface area contributed by atoms with E-state index in [0.717, 1.165) is 25.8 Å². The molecular formula is C14H18N2. The van der Waals surface area contributed by atoms with Crippen molar-refractivity contribution in [2.45, 2.75) is 38.6 Å². The highest BCUT2D eigenvalue weighted by Crippen LogP contribution is 2.36. The van der Waals surface area contributed by atoms with Gasteiger partial charge in [0.1, 0.15) is 5.54 Å². The Balaban J connectivity index is 2.39. The fourth-order valence-electron chi connectivity index (χ4n) is 2.44. The molecule has 2 rings (SSSR count). The monoisotopic (exact) mass is 214 g/mol. The van der Waals surface area contributed by atoms with Gasteiger partial charge in [-0.1, -0.05) is 30.7 Å². The maximum atomic E-state index is 9.47. The minimum absolute atomic E-state index is 0.433. The molecule has 1 N–H and O–H groups in total. The van der Waals surface area contributed by atoms with E-state index < -0.39 is 5.54 Å². The quantitative estimate of drug-likeness (QED) is 0.839. The van der Waals surface area contributed by atoms with Crippen LogP contribution >= 0.6 is 0 Å². The molecule has 0 saturated carbocycles. The Bertz CT molecular complexity index is 431. The third-order valence-electron chi connectivity index (χ3n) is 3.36. The molecule has 0 saturated heterocycles. The summed E-state index contributed by atoms with van der Waals surface area (Å²) in [6, 6.07) is 8.94. The van der Waals surface area contributed by atoms with Gasteiger partial charge in [-0.2, -0.15) is 5.26 Å². The maximum absolute atomic E-state index is 9.47. The van der Waals surface area contributed by atoms with E-state index in [-0.39, 0.29) is 0 Å². The zero-order chi connectivity index (χ0) is 11.6. The van der Waals surface area contributed by atoms with Crippen LogP contribution in [0.5, 0.6) is 0 Å². The Hall–Kier alpha value is -1.33. The van der Waals surface area contributed by atoms with E-state index in [2.05, 4.69) is 43.4 Å². The Morgan fingerprint density at radius 2 is 2.31 bits per heavy atom. The largest absolute Gasteiger partial charge is 0.296 e. The molecule has 0 heterocycles. The summed E-state index contributed by atoms with van der Waals surface area (Å²) in [4.78, 5) is 0. The van der Waals surface area contributed by atoms with Gasteiger partial charge in [0.15, 0.2) is 0 Å². The molecule has 1 aromatic rings. The molecule has 0 radical (unpaired) electrons. The zero-order valence-electron chi connectivity index (χ0n) is 10.0. The first kappa shape index (κ1) is 11.2. The van der Waals surface area contributed by atoms with Crippen molar-refractivity contribution >= 4 is 0 Å². The van der Waals surface area contributed by atoms with Gasteiger partial charge < -0.3 is 0 Å². The van der Waals surface area contributed by atoms with Crippen LogP contribution < -0.4 is 5.32 Å². The highest BCUT2D eigenvalue weighted by molar-refractivity contribution is 5.45. The average molecular weight is 214 g/mol. The van der Waals surface area contributed by atoms with Crippen molar-refractivity contribution in [2.75, 3.05) is 6.54 Å². The number of fused-ring (bicyclic) bond motifs is 1. The molecule has 1 unspecified atom stereocenters. The zero-order valence-corrected chi connectivity index (χ0v) is 10.0. The number of hydrogen-bond acceptors (Lipinski definition) is 2. The first-order valence-corrected chi connectivity index (χ1v) is 5.98. The number of nitrogens with zero attached hydrogens (tertiary/aromatic N) is 1. The Kier molecular flexibility index (Phi) is 2.98. The van der Waals surface area contributed by atoms with E-state index in [9.17, 15) is 5.26 Å². The lowest BCUT2D eigenvalue weighted by atomic mass is 9.92. The molecule has 0 aliphatic heterocycles. The molecule has 1 aliphatic carbocycles. The van der Waals surface area contributed by atoms with Crippen LogP contribution in [0.4, 0.5) is 0 Å². The lowest BCUT2D eigenvalue weighted by Crippen LogP contribution is -2.39. The molecule has 16 heavy (non-hydrogen) atoms. The summed E-state index contributed by atoms with van der Waals surface area (Å²) in [6.45, 7) is 5.12. The van der Waals surface area contributed by atoms with Crippen LogP contribution in [0.3, 0.4) is 0 Å². The van der Waals surface area contributed by atoms with Crippen molar-refractivity contribution < 1.29 is 0 Å². The highest BCUT2D eigenvalue weighted by atomic mass is 15.0.